The number of nitrogens with two attached hydrogens (primary N) is 1. The van der Waals surface area contributed by atoms with Gasteiger partial charge in [0.2, 0.25) is 0 Å². The minimum Gasteiger partial charge on any atom is -0.350 e. The van der Waals surface area contributed by atoms with Gasteiger partial charge in [-0.1, -0.05) is 30.3 Å². The fraction of sp³-hybridized carbons (Fsp3) is 0.444. The fourth-order valence-corrected chi connectivity index (χ4v) is 6.06. The molecule has 1 heterocycles. The van der Waals surface area contributed by atoms with Crippen molar-refractivity contribution < 1.29 is 13.9 Å². The molecule has 0 fully saturated rings. The number of aryl methyl sites for hydroxylation is 1. The van der Waals surface area contributed by atoms with E-state index in [1.165, 1.54) is 0 Å². The number of carbonyl (C=O) groups is 1. The smallest absolute Gasteiger partial charge is 0.341 e. The molecule has 2 aromatic rings. The lowest BCUT2D eigenvalue weighted by Gasteiger charge is -2.36. The molecule has 27 heavy (non-hydrogen) atoms. The van der Waals surface area contributed by atoms with Gasteiger partial charge in [-0.3, -0.25) is 14.5 Å². The predicted molar refractivity (Wildman–Crippen MR) is 105 cm³/mol. The van der Waals surface area contributed by atoms with Crippen molar-refractivity contribution in [3.05, 3.63) is 51.9 Å². The Hall–Kier alpha value is -2.15. The number of amides is 1. The van der Waals surface area contributed by atoms with Crippen LogP contribution < -0.4 is 16.6 Å². The van der Waals surface area contributed by atoms with Crippen LogP contribution in [0.2, 0.25) is 0 Å². The van der Waals surface area contributed by atoms with Gasteiger partial charge in [-0.05, 0) is 40.2 Å². The molecule has 3 N–H and O–H groups in total. The molecule has 0 saturated carbocycles. The molecule has 1 aromatic carbocycles. The van der Waals surface area contributed by atoms with E-state index in [-0.39, 0.29) is 24.0 Å². The first-order valence-electron chi connectivity index (χ1n) is 8.79. The number of hydrogen-bond donors (Lipinski definition) is 2. The van der Waals surface area contributed by atoms with Crippen LogP contribution in [0.15, 0.2) is 35.1 Å². The molecule has 1 amide bonds. The quantitative estimate of drug-likeness (QED) is 0.701. The summed E-state index contributed by atoms with van der Waals surface area (Å²) in [5.41, 5.74) is 5.62. The summed E-state index contributed by atoms with van der Waals surface area (Å²) in [5.74, 6) is 0. The van der Waals surface area contributed by atoms with E-state index in [0.29, 0.717) is 10.4 Å². The Morgan fingerprint density at radius 1 is 1.22 bits per heavy atom. The summed E-state index contributed by atoms with van der Waals surface area (Å²) in [7, 11) is -3.79. The molecule has 0 spiro atoms. The lowest BCUT2D eigenvalue weighted by atomic mass is 10.2. The molecule has 0 aliphatic heterocycles. The predicted octanol–water partition coefficient (Wildman–Crippen LogP) is 2.57. The lowest BCUT2D eigenvalue weighted by Crippen LogP contribution is -2.43. The highest BCUT2D eigenvalue weighted by atomic mass is 31.2. The summed E-state index contributed by atoms with van der Waals surface area (Å²) in [6, 6.07) is 7.99. The van der Waals surface area contributed by atoms with Crippen LogP contribution in [0, 0.1) is 6.92 Å². The van der Waals surface area contributed by atoms with Gasteiger partial charge in [0.25, 0.3) is 5.56 Å². The molecule has 0 saturated heterocycles. The number of aromatic nitrogens is 2. The summed E-state index contributed by atoms with van der Waals surface area (Å²) in [4.78, 5) is 24.3. The van der Waals surface area contributed by atoms with E-state index in [1.54, 1.807) is 11.6 Å². The number of aromatic amines is 1. The maximum Gasteiger partial charge on any atom is 0.341 e. The van der Waals surface area contributed by atoms with E-state index >= 15 is 0 Å². The zero-order valence-corrected chi connectivity index (χ0v) is 17.2. The Morgan fingerprint density at radius 3 is 2.22 bits per heavy atom. The van der Waals surface area contributed by atoms with Gasteiger partial charge in [0.15, 0.2) is 0 Å². The van der Waals surface area contributed by atoms with E-state index in [0.717, 1.165) is 5.56 Å². The summed E-state index contributed by atoms with van der Waals surface area (Å²) < 4.78 is 22.4. The second kappa shape index (κ2) is 8.25. The first-order chi connectivity index (χ1) is 12.6. The second-order valence-corrected chi connectivity index (χ2v) is 9.12. The van der Waals surface area contributed by atoms with Crippen molar-refractivity contribution in [2.45, 2.75) is 53.3 Å². The highest BCUT2D eigenvalue weighted by Crippen LogP contribution is 2.52. The van der Waals surface area contributed by atoms with Gasteiger partial charge in [-0.2, -0.15) is 4.68 Å². The molecule has 0 aliphatic carbocycles. The zero-order chi connectivity index (χ0) is 20.4. The maximum absolute atomic E-state index is 14.2. The van der Waals surface area contributed by atoms with Crippen molar-refractivity contribution in [2.24, 2.45) is 5.73 Å². The van der Waals surface area contributed by atoms with Crippen molar-refractivity contribution in [3.63, 3.8) is 0 Å². The molecule has 1 atom stereocenters. The molecule has 8 nitrogen and oxygen atoms in total. The van der Waals surface area contributed by atoms with Gasteiger partial charge in [0, 0.05) is 17.8 Å². The number of nitrogens with zero attached hydrogens (tertiary/aromatic N) is 2. The van der Waals surface area contributed by atoms with Crippen LogP contribution in [0.1, 0.15) is 39.0 Å². The third kappa shape index (κ3) is 4.24. The summed E-state index contributed by atoms with van der Waals surface area (Å²) in [5, 5.41) is 2.54. The molecule has 148 valence electrons. The Labute approximate surface area is 158 Å². The van der Waals surface area contributed by atoms with Crippen molar-refractivity contribution in [3.8, 4) is 0 Å². The highest BCUT2D eigenvalue weighted by molar-refractivity contribution is 7.64. The Bertz CT molecular complexity index is 894. The second-order valence-electron chi connectivity index (χ2n) is 6.91. The van der Waals surface area contributed by atoms with E-state index < -0.39 is 19.1 Å². The van der Waals surface area contributed by atoms with Crippen LogP contribution in [0.25, 0.3) is 0 Å². The number of H-pyrrole nitrogens is 1. The van der Waals surface area contributed by atoms with Crippen LogP contribution in [0.5, 0.6) is 0 Å². The molecule has 1 aromatic heterocycles. The minimum atomic E-state index is -3.79. The monoisotopic (exact) mass is 394 g/mol. The van der Waals surface area contributed by atoms with E-state index in [1.807, 2.05) is 58.0 Å². The molecule has 9 heteroatoms. The summed E-state index contributed by atoms with van der Waals surface area (Å²) in [6.07, 6.45) is 0. The Kier molecular flexibility index (Phi) is 6.46. The number of benzene rings is 1. The summed E-state index contributed by atoms with van der Waals surface area (Å²) >= 11 is 0. The van der Waals surface area contributed by atoms with Gasteiger partial charge in [-0.15, -0.1) is 0 Å². The standard InChI is InChI=1S/C18H27N4O4P/c1-12(2)22(13(3)4)27(25,26-11-15-9-7-6-8-10-15)16-14(5)20-21(17(16)23)18(19)24/h6-10,12-13,20H,11H2,1-5H3,(H2,19,24). The minimum absolute atomic E-state index is 0.0559. The molecule has 0 bridgehead atoms. The highest BCUT2D eigenvalue weighted by Gasteiger charge is 2.42. The van der Waals surface area contributed by atoms with Crippen molar-refractivity contribution >= 4 is 18.9 Å². The van der Waals surface area contributed by atoms with Crippen LogP contribution in [0.3, 0.4) is 0 Å². The zero-order valence-electron chi connectivity index (χ0n) is 16.3. The largest absolute Gasteiger partial charge is 0.350 e. The van der Waals surface area contributed by atoms with Crippen molar-refractivity contribution in [1.82, 2.24) is 14.5 Å². The molecule has 0 radical (unpaired) electrons. The van der Waals surface area contributed by atoms with Gasteiger partial charge >= 0.3 is 13.6 Å². The number of carbonyl (C=O) groups excluding carboxylic acids is 1. The number of primary amides is 1. The average Bonchev–Trinajstić information content (AvgIpc) is 2.88. The normalized spacial score (nSPS) is 14.1. The number of hydrogen-bond acceptors (Lipinski definition) is 4. The van der Waals surface area contributed by atoms with E-state index in [2.05, 4.69) is 5.10 Å². The number of nitrogens with one attached hydrogen (secondary N) is 1. The van der Waals surface area contributed by atoms with Gasteiger partial charge in [-0.25, -0.2) is 9.46 Å². The maximum atomic E-state index is 14.2. The topological polar surface area (TPSA) is 110 Å². The SMILES string of the molecule is Cc1[nH]n(C(N)=O)c(=O)c1P(=O)(OCc1ccccc1)N(C(C)C)C(C)C. The van der Waals surface area contributed by atoms with Crippen LogP contribution in [0.4, 0.5) is 4.79 Å². The lowest BCUT2D eigenvalue weighted by molar-refractivity contribution is 0.217. The molecule has 1 unspecified atom stereocenters. The molecule has 0 aliphatic rings. The van der Waals surface area contributed by atoms with Gasteiger partial charge < -0.3 is 10.3 Å². The molecular formula is C18H27N4O4P. The number of rotatable bonds is 7. The summed E-state index contributed by atoms with van der Waals surface area (Å²) in [6.45, 7) is 9.17. The van der Waals surface area contributed by atoms with Crippen LogP contribution >= 0.6 is 7.52 Å². The first kappa shape index (κ1) is 21.2. The average molecular weight is 394 g/mol. The van der Waals surface area contributed by atoms with Crippen LogP contribution in [-0.4, -0.2) is 32.6 Å². The third-order valence-electron chi connectivity index (χ3n) is 4.15. The molecular weight excluding hydrogens is 367 g/mol. The van der Waals surface area contributed by atoms with Crippen molar-refractivity contribution in [1.29, 1.82) is 0 Å². The van der Waals surface area contributed by atoms with E-state index in [4.69, 9.17) is 10.3 Å². The van der Waals surface area contributed by atoms with Gasteiger partial charge in [0.05, 0.1) is 6.61 Å². The molecule has 2 rings (SSSR count). The Morgan fingerprint density at radius 2 is 1.78 bits per heavy atom. The van der Waals surface area contributed by atoms with Crippen molar-refractivity contribution in [2.75, 3.05) is 0 Å². The Balaban J connectivity index is 2.61. The third-order valence-corrected chi connectivity index (χ3v) is 7.26. The van der Waals surface area contributed by atoms with Gasteiger partial charge in [0.1, 0.15) is 5.30 Å². The fourth-order valence-electron chi connectivity index (χ4n) is 3.21. The first-order valence-corrected chi connectivity index (χ1v) is 10.4. The van der Waals surface area contributed by atoms with E-state index in [9.17, 15) is 14.2 Å². The van der Waals surface area contributed by atoms with Crippen LogP contribution in [-0.2, 0) is 15.7 Å².